The van der Waals surface area contributed by atoms with Crippen molar-refractivity contribution >= 4 is 45.1 Å². The minimum absolute atomic E-state index is 0.277. The summed E-state index contributed by atoms with van der Waals surface area (Å²) in [6.07, 6.45) is 1.57. The number of likely N-dealkylation sites (N-methyl/N-ethyl adjacent to an activating group) is 1. The molecule has 5 rings (SSSR count). The molecular weight excluding hydrogens is 476 g/mol. The number of aromatic nitrogens is 4. The Morgan fingerprint density at radius 2 is 1.78 bits per heavy atom. The number of nitrogens with zero attached hydrogens (tertiary/aromatic N) is 5. The summed E-state index contributed by atoms with van der Waals surface area (Å²) >= 11 is 1.16. The molecule has 0 unspecified atom stereocenters. The first kappa shape index (κ1) is 23.9. The van der Waals surface area contributed by atoms with Crippen LogP contribution in [0.4, 0.5) is 11.6 Å². The molecule has 0 spiro atoms. The van der Waals surface area contributed by atoms with Crippen LogP contribution in [-0.4, -0.2) is 70.1 Å². The highest BCUT2D eigenvalue weighted by Crippen LogP contribution is 2.27. The van der Waals surface area contributed by atoms with Gasteiger partial charge in [0.05, 0.1) is 11.1 Å². The average molecular weight is 505 g/mol. The fraction of sp³-hybridized carbons (Fsp3) is 0.320. The number of carbonyl (C=O) groups excluding carboxylic acids is 2. The highest BCUT2D eigenvalue weighted by Gasteiger charge is 2.26. The summed E-state index contributed by atoms with van der Waals surface area (Å²) in [5.41, 5.74) is 1.28. The van der Waals surface area contributed by atoms with Gasteiger partial charge in [-0.05, 0) is 38.6 Å². The molecule has 0 aliphatic carbocycles. The van der Waals surface area contributed by atoms with Crippen LogP contribution >= 0.6 is 11.3 Å². The number of benzene rings is 1. The van der Waals surface area contributed by atoms with Gasteiger partial charge in [-0.2, -0.15) is 5.10 Å². The molecule has 0 radical (unpaired) electrons. The molecular formula is C25H28N8O2S. The van der Waals surface area contributed by atoms with Crippen LogP contribution in [0.1, 0.15) is 39.6 Å². The number of hydrogen-bond acceptors (Lipinski definition) is 8. The van der Waals surface area contributed by atoms with Crippen LogP contribution < -0.4 is 15.5 Å². The second-order valence-corrected chi connectivity index (χ2v) is 10.3. The lowest BCUT2D eigenvalue weighted by atomic mass is 9.94. The minimum atomic E-state index is -0.576. The molecule has 1 fully saturated rings. The Morgan fingerprint density at radius 1 is 1.03 bits per heavy atom. The number of H-pyrrole nitrogens is 1. The van der Waals surface area contributed by atoms with E-state index in [1.165, 1.54) is 0 Å². The number of pyridine rings is 1. The molecule has 11 heteroatoms. The first-order chi connectivity index (χ1) is 17.3. The van der Waals surface area contributed by atoms with Gasteiger partial charge >= 0.3 is 0 Å². The third kappa shape index (κ3) is 4.93. The van der Waals surface area contributed by atoms with Crippen molar-refractivity contribution in [3.8, 4) is 0 Å². The lowest BCUT2D eigenvalue weighted by molar-refractivity contribution is 0.0911. The molecule has 2 amide bonds. The van der Waals surface area contributed by atoms with E-state index >= 15 is 0 Å². The first-order valence-corrected chi connectivity index (χ1v) is 12.6. The van der Waals surface area contributed by atoms with Crippen molar-refractivity contribution in [2.24, 2.45) is 0 Å². The van der Waals surface area contributed by atoms with Gasteiger partial charge in [0.25, 0.3) is 11.8 Å². The molecule has 10 nitrogen and oxygen atoms in total. The van der Waals surface area contributed by atoms with Crippen LogP contribution in [0.3, 0.4) is 0 Å². The van der Waals surface area contributed by atoms with Gasteiger partial charge in [0.15, 0.2) is 15.7 Å². The zero-order valence-corrected chi connectivity index (χ0v) is 21.2. The number of hydrogen-bond donors (Lipinski definition) is 3. The average Bonchev–Trinajstić information content (AvgIpc) is 3.47. The van der Waals surface area contributed by atoms with Gasteiger partial charge in [-0.1, -0.05) is 41.7 Å². The van der Waals surface area contributed by atoms with Crippen LogP contribution in [0.2, 0.25) is 0 Å². The van der Waals surface area contributed by atoms with Crippen molar-refractivity contribution in [2.45, 2.75) is 19.4 Å². The second-order valence-electron chi connectivity index (χ2n) is 9.37. The Labute approximate surface area is 212 Å². The summed E-state index contributed by atoms with van der Waals surface area (Å²) in [5, 5.41) is 13.1. The van der Waals surface area contributed by atoms with Crippen molar-refractivity contribution in [1.82, 2.24) is 30.4 Å². The summed E-state index contributed by atoms with van der Waals surface area (Å²) in [7, 11) is 2.11. The Hall–Kier alpha value is -3.83. The van der Waals surface area contributed by atoms with Crippen LogP contribution in [-0.2, 0) is 5.54 Å². The molecule has 1 saturated heterocycles. The van der Waals surface area contributed by atoms with Crippen LogP contribution in [0, 0.1) is 0 Å². The Bertz CT molecular complexity index is 1370. The molecule has 4 aromatic rings. The summed E-state index contributed by atoms with van der Waals surface area (Å²) in [4.78, 5) is 39.7. The topological polar surface area (TPSA) is 119 Å². The third-order valence-corrected chi connectivity index (χ3v) is 7.25. The van der Waals surface area contributed by atoms with Crippen molar-refractivity contribution < 1.29 is 9.59 Å². The third-order valence-electron chi connectivity index (χ3n) is 6.31. The quantitative estimate of drug-likeness (QED) is 0.369. The fourth-order valence-corrected chi connectivity index (χ4v) is 4.89. The van der Waals surface area contributed by atoms with E-state index in [9.17, 15) is 9.59 Å². The predicted octanol–water partition coefficient (Wildman–Crippen LogP) is 3.08. The zero-order valence-electron chi connectivity index (χ0n) is 20.4. The molecule has 3 aromatic heterocycles. The molecule has 1 aliphatic heterocycles. The number of carbonyl (C=O) groups is 2. The summed E-state index contributed by atoms with van der Waals surface area (Å²) < 4.78 is 0. The van der Waals surface area contributed by atoms with E-state index in [1.807, 2.05) is 50.2 Å². The Balaban J connectivity index is 1.27. The fourth-order valence-electron chi connectivity index (χ4n) is 4.09. The monoisotopic (exact) mass is 504 g/mol. The Morgan fingerprint density at radius 3 is 2.47 bits per heavy atom. The van der Waals surface area contributed by atoms with Gasteiger partial charge < -0.3 is 20.4 Å². The summed E-state index contributed by atoms with van der Waals surface area (Å²) in [6.45, 7) is 7.66. The van der Waals surface area contributed by atoms with Crippen molar-refractivity contribution in [2.75, 3.05) is 43.4 Å². The second kappa shape index (κ2) is 9.67. The van der Waals surface area contributed by atoms with Crippen LogP contribution in [0.15, 0.2) is 48.7 Å². The van der Waals surface area contributed by atoms with Gasteiger partial charge in [-0.15, -0.1) is 0 Å². The number of nitrogens with one attached hydrogen (secondary N) is 3. The highest BCUT2D eigenvalue weighted by atomic mass is 32.1. The largest absolute Gasteiger partial charge is 0.354 e. The van der Waals surface area contributed by atoms with Crippen molar-refractivity contribution in [1.29, 1.82) is 0 Å². The number of rotatable bonds is 6. The smallest absolute Gasteiger partial charge is 0.281 e. The van der Waals surface area contributed by atoms with Gasteiger partial charge in [0.2, 0.25) is 0 Å². The molecule has 0 saturated carbocycles. The maximum absolute atomic E-state index is 12.9. The number of aromatic amines is 1. The SMILES string of the molecule is CN1CCN(c2ccc(C(=O)Nc3[nH]nc4sc(C(=O)NC(C)(C)c5ccccc5)nc34)cn2)CC1. The number of amides is 2. The lowest BCUT2D eigenvalue weighted by Gasteiger charge is -2.33. The van der Waals surface area contributed by atoms with Crippen molar-refractivity contribution in [3.63, 3.8) is 0 Å². The van der Waals surface area contributed by atoms with E-state index in [0.29, 0.717) is 21.7 Å². The predicted molar refractivity (Wildman–Crippen MR) is 141 cm³/mol. The van der Waals surface area contributed by atoms with E-state index in [-0.39, 0.29) is 16.8 Å². The summed E-state index contributed by atoms with van der Waals surface area (Å²) in [6, 6.07) is 13.4. The summed E-state index contributed by atoms with van der Waals surface area (Å²) in [5.74, 6) is 0.572. The van der Waals surface area contributed by atoms with Crippen LogP contribution in [0.5, 0.6) is 0 Å². The molecule has 0 bridgehead atoms. The molecule has 4 heterocycles. The van der Waals surface area contributed by atoms with Gasteiger partial charge in [-0.3, -0.25) is 14.7 Å². The molecule has 1 aliphatic rings. The van der Waals surface area contributed by atoms with E-state index < -0.39 is 5.54 Å². The first-order valence-electron chi connectivity index (χ1n) is 11.7. The lowest BCUT2D eigenvalue weighted by Crippen LogP contribution is -2.44. The molecule has 36 heavy (non-hydrogen) atoms. The molecule has 1 aromatic carbocycles. The number of thiazole rings is 1. The van der Waals surface area contributed by atoms with Gasteiger partial charge in [0, 0.05) is 32.4 Å². The van der Waals surface area contributed by atoms with E-state index in [0.717, 1.165) is 48.9 Å². The highest BCUT2D eigenvalue weighted by molar-refractivity contribution is 7.20. The van der Waals surface area contributed by atoms with Gasteiger partial charge in [-0.25, -0.2) is 9.97 Å². The zero-order chi connectivity index (χ0) is 25.3. The number of anilines is 2. The molecule has 186 valence electrons. The van der Waals surface area contributed by atoms with Crippen LogP contribution in [0.25, 0.3) is 10.3 Å². The minimum Gasteiger partial charge on any atom is -0.354 e. The Kier molecular flexibility index (Phi) is 6.42. The number of fused-ring (bicyclic) bond motifs is 1. The molecule has 3 N–H and O–H groups in total. The standard InChI is InChI=1S/C25H28N8O2S/c1-25(2,17-7-5-4-6-8-17)29-22(35)24-27-19-20(30-31-23(19)36-24)28-21(34)16-9-10-18(26-15-16)33-13-11-32(3)12-14-33/h4-10,15H,11-14H2,1-3H3,(H,29,35)(H2,28,30,31,34). The van der Waals surface area contributed by atoms with Crippen molar-refractivity contribution in [3.05, 3.63) is 64.8 Å². The van der Waals surface area contributed by atoms with E-state index in [1.54, 1.807) is 12.3 Å². The van der Waals surface area contributed by atoms with E-state index in [4.69, 9.17) is 0 Å². The maximum Gasteiger partial charge on any atom is 0.281 e. The van der Waals surface area contributed by atoms with Gasteiger partial charge in [0.1, 0.15) is 11.3 Å². The number of piperazine rings is 1. The maximum atomic E-state index is 12.9. The molecule has 0 atom stereocenters. The normalized spacial score (nSPS) is 14.7. The van der Waals surface area contributed by atoms with E-state index in [2.05, 4.69) is 47.6 Å².